The van der Waals surface area contributed by atoms with Gasteiger partial charge in [0.25, 0.3) is 0 Å². The van der Waals surface area contributed by atoms with Crippen molar-refractivity contribution in [3.63, 3.8) is 0 Å². The minimum absolute atomic E-state index is 0.0269. The number of nitrogens with zero attached hydrogens (tertiary/aromatic N) is 2. The first-order valence-electron chi connectivity index (χ1n) is 9.86. The van der Waals surface area contributed by atoms with Crippen molar-refractivity contribution < 1.29 is 9.53 Å². The Kier molecular flexibility index (Phi) is 5.81. The van der Waals surface area contributed by atoms with E-state index in [4.69, 9.17) is 10.5 Å². The molecule has 2 heterocycles. The van der Waals surface area contributed by atoms with Crippen molar-refractivity contribution in [3.8, 4) is 5.75 Å². The lowest BCUT2D eigenvalue weighted by atomic mass is 10.1. The predicted molar refractivity (Wildman–Crippen MR) is 112 cm³/mol. The summed E-state index contributed by atoms with van der Waals surface area (Å²) in [6.45, 7) is 3.58. The Morgan fingerprint density at radius 2 is 1.83 bits per heavy atom. The summed E-state index contributed by atoms with van der Waals surface area (Å²) in [4.78, 5) is 19.0. The minimum atomic E-state index is -0.365. The van der Waals surface area contributed by atoms with Gasteiger partial charge in [-0.25, -0.2) is 4.79 Å². The Morgan fingerprint density at radius 3 is 2.52 bits per heavy atom. The third-order valence-corrected chi connectivity index (χ3v) is 5.33. The Labute approximate surface area is 170 Å². The highest BCUT2D eigenvalue weighted by Gasteiger charge is 2.30. The Hall–Kier alpha value is -3.25. The zero-order valence-electron chi connectivity index (χ0n) is 16.3. The van der Waals surface area contributed by atoms with E-state index in [1.807, 2.05) is 48.8 Å². The summed E-state index contributed by atoms with van der Waals surface area (Å²) in [6, 6.07) is 20.0. The van der Waals surface area contributed by atoms with Crippen LogP contribution in [0.4, 0.5) is 4.79 Å². The molecule has 0 spiro atoms. The van der Waals surface area contributed by atoms with Gasteiger partial charge in [0.1, 0.15) is 12.4 Å². The highest BCUT2D eigenvalue weighted by molar-refractivity contribution is 5.72. The van der Waals surface area contributed by atoms with E-state index >= 15 is 0 Å². The Morgan fingerprint density at radius 1 is 1.03 bits per heavy atom. The number of urea groups is 1. The number of nitrogens with one attached hydrogen (secondary N) is 1. The van der Waals surface area contributed by atoms with Crippen molar-refractivity contribution in [2.45, 2.75) is 19.2 Å². The van der Waals surface area contributed by atoms with Crippen LogP contribution in [0, 0.1) is 0 Å². The number of nitrogens with two attached hydrogens (primary N) is 1. The largest absolute Gasteiger partial charge is 0.489 e. The molecule has 1 unspecified atom stereocenters. The molecule has 0 aliphatic carbocycles. The molecule has 1 fully saturated rings. The number of hydrogen-bond donors (Lipinski definition) is 2. The first-order chi connectivity index (χ1) is 14.2. The molecule has 2 amide bonds. The van der Waals surface area contributed by atoms with E-state index in [1.54, 1.807) is 4.90 Å². The zero-order valence-corrected chi connectivity index (χ0v) is 16.3. The van der Waals surface area contributed by atoms with E-state index < -0.39 is 0 Å². The average molecular weight is 390 g/mol. The SMILES string of the molecule is NC(=O)N1CCN(Cc2ccc(OCc3ccccc3)cc2)CC1c1cc[nH]c1. The van der Waals surface area contributed by atoms with Crippen LogP contribution in [0.5, 0.6) is 5.75 Å². The van der Waals surface area contributed by atoms with Crippen molar-refractivity contribution in [2.24, 2.45) is 5.73 Å². The van der Waals surface area contributed by atoms with Crippen molar-refractivity contribution in [3.05, 3.63) is 89.7 Å². The molecule has 3 N–H and O–H groups in total. The summed E-state index contributed by atoms with van der Waals surface area (Å²) in [5, 5.41) is 0. The van der Waals surface area contributed by atoms with Crippen LogP contribution in [0.2, 0.25) is 0 Å². The lowest BCUT2D eigenvalue weighted by Crippen LogP contribution is -2.51. The molecule has 3 aromatic rings. The molecule has 1 atom stereocenters. The topological polar surface area (TPSA) is 74.6 Å². The van der Waals surface area contributed by atoms with Gasteiger partial charge in [0, 0.05) is 38.6 Å². The molecule has 0 radical (unpaired) electrons. The molecule has 29 heavy (non-hydrogen) atoms. The van der Waals surface area contributed by atoms with Crippen LogP contribution in [0.15, 0.2) is 73.1 Å². The minimum Gasteiger partial charge on any atom is -0.489 e. The summed E-state index contributed by atoms with van der Waals surface area (Å²) < 4.78 is 5.87. The maximum absolute atomic E-state index is 11.8. The number of H-pyrrole nitrogens is 1. The lowest BCUT2D eigenvalue weighted by Gasteiger charge is -2.40. The molecule has 0 bridgehead atoms. The van der Waals surface area contributed by atoms with Gasteiger partial charge >= 0.3 is 6.03 Å². The van der Waals surface area contributed by atoms with Crippen LogP contribution in [-0.2, 0) is 13.2 Å². The van der Waals surface area contributed by atoms with Gasteiger partial charge in [-0.15, -0.1) is 0 Å². The summed E-state index contributed by atoms with van der Waals surface area (Å²) in [7, 11) is 0. The highest BCUT2D eigenvalue weighted by Crippen LogP contribution is 2.26. The van der Waals surface area contributed by atoms with Crippen molar-refractivity contribution in [1.82, 2.24) is 14.8 Å². The normalized spacial score (nSPS) is 17.2. The molecule has 1 saturated heterocycles. The van der Waals surface area contributed by atoms with Crippen LogP contribution >= 0.6 is 0 Å². The monoisotopic (exact) mass is 390 g/mol. The highest BCUT2D eigenvalue weighted by atomic mass is 16.5. The van der Waals surface area contributed by atoms with Crippen LogP contribution < -0.4 is 10.5 Å². The maximum atomic E-state index is 11.8. The van der Waals surface area contributed by atoms with E-state index in [-0.39, 0.29) is 12.1 Å². The van der Waals surface area contributed by atoms with E-state index in [1.165, 1.54) is 5.56 Å². The van der Waals surface area contributed by atoms with E-state index in [9.17, 15) is 4.79 Å². The van der Waals surface area contributed by atoms with Gasteiger partial charge in [-0.05, 0) is 34.9 Å². The molecule has 1 aliphatic rings. The van der Waals surface area contributed by atoms with Gasteiger partial charge in [-0.2, -0.15) is 0 Å². The van der Waals surface area contributed by atoms with E-state index in [2.05, 4.69) is 34.1 Å². The molecule has 1 aliphatic heterocycles. The molecule has 6 heteroatoms. The number of hydrogen-bond acceptors (Lipinski definition) is 3. The molecule has 150 valence electrons. The van der Waals surface area contributed by atoms with Crippen molar-refractivity contribution >= 4 is 6.03 Å². The van der Waals surface area contributed by atoms with Gasteiger partial charge < -0.3 is 20.4 Å². The van der Waals surface area contributed by atoms with E-state index in [0.717, 1.165) is 36.5 Å². The number of benzene rings is 2. The first-order valence-corrected chi connectivity index (χ1v) is 9.86. The smallest absolute Gasteiger partial charge is 0.315 e. The lowest BCUT2D eigenvalue weighted by molar-refractivity contribution is 0.0939. The van der Waals surface area contributed by atoms with Crippen LogP contribution in [0.25, 0.3) is 0 Å². The molecule has 2 aromatic carbocycles. The van der Waals surface area contributed by atoms with Crippen LogP contribution in [-0.4, -0.2) is 40.4 Å². The fraction of sp³-hybridized carbons (Fsp3) is 0.261. The summed E-state index contributed by atoms with van der Waals surface area (Å²) >= 11 is 0. The Bertz CT molecular complexity index is 910. The van der Waals surface area contributed by atoms with Crippen LogP contribution in [0.3, 0.4) is 0 Å². The molecule has 0 saturated carbocycles. The predicted octanol–water partition coefficient (Wildman–Crippen LogP) is 3.53. The van der Waals surface area contributed by atoms with Crippen molar-refractivity contribution in [2.75, 3.05) is 19.6 Å². The quantitative estimate of drug-likeness (QED) is 0.676. The number of piperazine rings is 1. The summed E-state index contributed by atoms with van der Waals surface area (Å²) in [5.41, 5.74) is 9.05. The maximum Gasteiger partial charge on any atom is 0.315 e. The molecule has 4 rings (SSSR count). The number of aromatic amines is 1. The molecular formula is C23H26N4O2. The number of amides is 2. The second-order valence-electron chi connectivity index (χ2n) is 7.35. The first kappa shape index (κ1) is 19.1. The zero-order chi connectivity index (χ0) is 20.1. The second-order valence-corrected chi connectivity index (χ2v) is 7.35. The number of primary amides is 1. The number of carbonyl (C=O) groups is 1. The number of ether oxygens (including phenoxy) is 1. The Balaban J connectivity index is 1.36. The van der Waals surface area contributed by atoms with Gasteiger partial charge in [0.2, 0.25) is 0 Å². The summed E-state index contributed by atoms with van der Waals surface area (Å²) in [5.74, 6) is 0.862. The van der Waals surface area contributed by atoms with Gasteiger partial charge in [0.05, 0.1) is 6.04 Å². The fourth-order valence-electron chi connectivity index (χ4n) is 3.77. The van der Waals surface area contributed by atoms with Crippen LogP contribution in [0.1, 0.15) is 22.7 Å². The number of rotatable bonds is 6. The fourth-order valence-corrected chi connectivity index (χ4v) is 3.77. The second kappa shape index (κ2) is 8.84. The van der Waals surface area contributed by atoms with Gasteiger partial charge in [-0.3, -0.25) is 4.90 Å². The summed E-state index contributed by atoms with van der Waals surface area (Å²) in [6.07, 6.45) is 3.81. The molecule has 6 nitrogen and oxygen atoms in total. The van der Waals surface area contributed by atoms with Gasteiger partial charge in [-0.1, -0.05) is 42.5 Å². The van der Waals surface area contributed by atoms with E-state index in [0.29, 0.717) is 13.2 Å². The standard InChI is InChI=1S/C23H26N4O2/c24-23(28)27-13-12-26(16-22(27)20-10-11-25-14-20)15-18-6-8-21(9-7-18)29-17-19-4-2-1-3-5-19/h1-11,14,22,25H,12-13,15-17H2,(H2,24,28). The third-order valence-electron chi connectivity index (χ3n) is 5.33. The number of aromatic nitrogens is 1. The molecular weight excluding hydrogens is 364 g/mol. The third kappa shape index (κ3) is 4.78. The van der Waals surface area contributed by atoms with Crippen molar-refractivity contribution in [1.29, 1.82) is 0 Å². The van der Waals surface area contributed by atoms with Gasteiger partial charge in [0.15, 0.2) is 0 Å². The molecule has 1 aromatic heterocycles. The average Bonchev–Trinajstić information content (AvgIpc) is 3.29. The number of carbonyl (C=O) groups excluding carboxylic acids is 1.